The largest absolute Gasteiger partial charge is 0.463 e. The molecule has 2 aliphatic rings. The van der Waals surface area contributed by atoms with Gasteiger partial charge >= 0.3 is 12.0 Å². The van der Waals surface area contributed by atoms with E-state index in [0.717, 1.165) is 5.56 Å². The number of nitrogens with zero attached hydrogens (tertiary/aromatic N) is 3. The second kappa shape index (κ2) is 10.8. The summed E-state index contributed by atoms with van der Waals surface area (Å²) in [5.74, 6) is -0.480. The number of carbonyl (C=O) groups is 2. The van der Waals surface area contributed by atoms with Crippen molar-refractivity contribution in [3.63, 3.8) is 0 Å². The van der Waals surface area contributed by atoms with Crippen molar-refractivity contribution in [1.29, 1.82) is 0 Å². The molecule has 0 aromatic heterocycles. The number of benzene rings is 2. The maximum Gasteiger partial charge on any atom is 0.338 e. The van der Waals surface area contributed by atoms with Crippen LogP contribution in [0.25, 0.3) is 0 Å². The van der Waals surface area contributed by atoms with Gasteiger partial charge in [0.2, 0.25) is 10.0 Å². The van der Waals surface area contributed by atoms with Gasteiger partial charge in [0, 0.05) is 45.0 Å². The van der Waals surface area contributed by atoms with Gasteiger partial charge in [-0.3, -0.25) is 9.80 Å². The van der Waals surface area contributed by atoms with E-state index in [2.05, 4.69) is 10.2 Å². The molecule has 2 heterocycles. The Bertz CT molecular complexity index is 1230. The summed E-state index contributed by atoms with van der Waals surface area (Å²) in [6, 6.07) is 16.5. The third-order valence-corrected chi connectivity index (χ3v) is 8.61. The molecule has 4 rings (SSSR count). The second-order valence-electron chi connectivity index (χ2n) is 8.95. The van der Waals surface area contributed by atoms with Gasteiger partial charge in [0.25, 0.3) is 0 Å². The van der Waals surface area contributed by atoms with E-state index in [1.54, 1.807) is 44.3 Å². The van der Waals surface area contributed by atoms with Crippen LogP contribution in [0.3, 0.4) is 0 Å². The van der Waals surface area contributed by atoms with E-state index in [1.165, 1.54) is 9.21 Å². The number of hydrogen-bond acceptors (Lipinski definition) is 6. The highest BCUT2D eigenvalue weighted by Crippen LogP contribution is 2.32. The van der Waals surface area contributed by atoms with Crippen molar-refractivity contribution in [2.45, 2.75) is 30.8 Å². The number of ether oxygens (including phenoxy) is 1. The number of rotatable bonds is 7. The van der Waals surface area contributed by atoms with Crippen LogP contribution in [0.4, 0.5) is 4.79 Å². The summed E-state index contributed by atoms with van der Waals surface area (Å²) in [5, 5.41) is 2.92. The van der Waals surface area contributed by atoms with Gasteiger partial charge in [-0.1, -0.05) is 48.5 Å². The van der Waals surface area contributed by atoms with Crippen molar-refractivity contribution < 1.29 is 22.7 Å². The van der Waals surface area contributed by atoms with Crippen LogP contribution in [-0.2, 0) is 19.6 Å². The van der Waals surface area contributed by atoms with E-state index in [1.807, 2.05) is 37.3 Å². The van der Waals surface area contributed by atoms with Crippen LogP contribution in [0.15, 0.2) is 76.8 Å². The first-order valence-electron chi connectivity index (χ1n) is 12.0. The molecular weight excluding hydrogens is 480 g/mol. The molecular formula is C26H32N4O5S. The van der Waals surface area contributed by atoms with Crippen molar-refractivity contribution in [2.75, 3.05) is 39.8 Å². The molecule has 36 heavy (non-hydrogen) atoms. The van der Waals surface area contributed by atoms with Gasteiger partial charge in [0.05, 0.1) is 23.1 Å². The van der Waals surface area contributed by atoms with Crippen molar-refractivity contribution in [1.82, 2.24) is 19.4 Å². The number of hydrogen-bond donors (Lipinski definition) is 1. The number of esters is 1. The third-order valence-electron chi connectivity index (χ3n) is 6.58. The second-order valence-corrected chi connectivity index (χ2v) is 10.8. The lowest BCUT2D eigenvalue weighted by atomic mass is 9.94. The molecule has 0 unspecified atom stereocenters. The average Bonchev–Trinajstić information content (AvgIpc) is 2.87. The summed E-state index contributed by atoms with van der Waals surface area (Å²) < 4.78 is 33.3. The molecule has 0 aliphatic carbocycles. The Morgan fingerprint density at radius 1 is 1.06 bits per heavy atom. The van der Waals surface area contributed by atoms with Gasteiger partial charge < -0.3 is 10.1 Å². The minimum absolute atomic E-state index is 0.210. The Morgan fingerprint density at radius 2 is 1.69 bits per heavy atom. The van der Waals surface area contributed by atoms with E-state index in [4.69, 9.17) is 4.74 Å². The van der Waals surface area contributed by atoms with Crippen LogP contribution in [-0.4, -0.2) is 80.4 Å². The molecule has 2 aromatic carbocycles. The van der Waals surface area contributed by atoms with Gasteiger partial charge in [-0.25, -0.2) is 18.0 Å². The van der Waals surface area contributed by atoms with Crippen LogP contribution in [0.2, 0.25) is 0 Å². The molecule has 1 saturated heterocycles. The van der Waals surface area contributed by atoms with Crippen LogP contribution in [0.5, 0.6) is 0 Å². The maximum atomic E-state index is 13.2. The molecule has 192 valence electrons. The van der Waals surface area contributed by atoms with Gasteiger partial charge in [-0.2, -0.15) is 4.31 Å². The molecule has 2 atom stereocenters. The highest BCUT2D eigenvalue weighted by atomic mass is 32.2. The monoisotopic (exact) mass is 512 g/mol. The maximum absolute atomic E-state index is 13.2. The highest BCUT2D eigenvalue weighted by molar-refractivity contribution is 7.89. The molecule has 0 saturated carbocycles. The summed E-state index contributed by atoms with van der Waals surface area (Å²) in [6.07, 6.45) is 0. The summed E-state index contributed by atoms with van der Waals surface area (Å²) in [7, 11) is -1.99. The minimum atomic E-state index is -3.62. The Morgan fingerprint density at radius 3 is 2.31 bits per heavy atom. The molecule has 1 N–H and O–H groups in total. The van der Waals surface area contributed by atoms with Crippen molar-refractivity contribution in [3.8, 4) is 0 Å². The first kappa shape index (κ1) is 25.9. The molecule has 9 nitrogen and oxygen atoms in total. The van der Waals surface area contributed by atoms with E-state index in [-0.39, 0.29) is 23.6 Å². The van der Waals surface area contributed by atoms with E-state index >= 15 is 0 Å². The lowest BCUT2D eigenvalue weighted by Crippen LogP contribution is -2.56. The molecule has 0 radical (unpaired) electrons. The molecule has 2 aliphatic heterocycles. The summed E-state index contributed by atoms with van der Waals surface area (Å²) in [5.41, 5.74) is 1.72. The van der Waals surface area contributed by atoms with Crippen molar-refractivity contribution in [2.24, 2.45) is 0 Å². The molecule has 10 heteroatoms. The number of amides is 2. The number of sulfonamides is 1. The zero-order chi connectivity index (χ0) is 25.9. The van der Waals surface area contributed by atoms with Gasteiger partial charge in [0.15, 0.2) is 0 Å². The Balaban J connectivity index is 1.62. The lowest BCUT2D eigenvalue weighted by molar-refractivity contribution is -0.139. The summed E-state index contributed by atoms with van der Waals surface area (Å²) in [4.78, 5) is 29.8. The SMILES string of the molecule is CCOC(=O)C1=C(CN2CCN(S(=O)(=O)c3ccccc3)[C@@H](C)C2)N(C)C(=O)N[C@@H]1c1ccccc1. The van der Waals surface area contributed by atoms with Crippen LogP contribution in [0, 0.1) is 0 Å². The van der Waals surface area contributed by atoms with E-state index in [0.29, 0.717) is 37.4 Å². The van der Waals surface area contributed by atoms with E-state index in [9.17, 15) is 18.0 Å². The van der Waals surface area contributed by atoms with Crippen LogP contribution < -0.4 is 5.32 Å². The zero-order valence-electron chi connectivity index (χ0n) is 20.8. The lowest BCUT2D eigenvalue weighted by Gasteiger charge is -2.41. The number of carbonyl (C=O) groups excluding carboxylic acids is 2. The topological polar surface area (TPSA) is 99.3 Å². The Hall–Kier alpha value is -3.21. The van der Waals surface area contributed by atoms with Crippen LogP contribution in [0.1, 0.15) is 25.5 Å². The predicted octanol–water partition coefficient (Wildman–Crippen LogP) is 2.59. The minimum Gasteiger partial charge on any atom is -0.463 e. The van der Waals surface area contributed by atoms with Crippen molar-refractivity contribution in [3.05, 3.63) is 77.5 Å². The average molecular weight is 513 g/mol. The molecule has 2 amide bonds. The predicted molar refractivity (Wildman–Crippen MR) is 135 cm³/mol. The fraction of sp³-hybridized carbons (Fsp3) is 0.385. The number of nitrogens with one attached hydrogen (secondary N) is 1. The van der Waals surface area contributed by atoms with Crippen molar-refractivity contribution >= 4 is 22.0 Å². The Kier molecular flexibility index (Phi) is 7.77. The first-order chi connectivity index (χ1) is 17.2. The zero-order valence-corrected chi connectivity index (χ0v) is 21.6. The number of piperazine rings is 1. The Labute approximate surface area is 212 Å². The van der Waals surface area contributed by atoms with Gasteiger partial charge in [-0.05, 0) is 31.5 Å². The van der Waals surface area contributed by atoms with Gasteiger partial charge in [-0.15, -0.1) is 0 Å². The smallest absolute Gasteiger partial charge is 0.338 e. The fourth-order valence-corrected chi connectivity index (χ4v) is 6.38. The third kappa shape index (κ3) is 5.16. The van der Waals surface area contributed by atoms with Crippen LogP contribution >= 0.6 is 0 Å². The molecule has 2 aromatic rings. The number of likely N-dealkylation sites (N-methyl/N-ethyl adjacent to an activating group) is 1. The standard InChI is InChI=1S/C26H32N4O5S/c1-4-35-25(31)23-22(28(3)26(32)27-24(23)20-11-7-5-8-12-20)18-29-15-16-30(19(2)17-29)36(33,34)21-13-9-6-10-14-21/h5-14,19,24H,4,15-18H2,1-3H3,(H,27,32)/t19-,24+/m0/s1. The van der Waals surface area contributed by atoms with Gasteiger partial charge in [0.1, 0.15) is 0 Å². The highest BCUT2D eigenvalue weighted by Gasteiger charge is 2.39. The quantitative estimate of drug-likeness (QED) is 0.573. The molecule has 0 spiro atoms. The summed E-state index contributed by atoms with van der Waals surface area (Å²) in [6.45, 7) is 5.36. The molecule has 0 bridgehead atoms. The fourth-order valence-electron chi connectivity index (χ4n) is 4.75. The summed E-state index contributed by atoms with van der Waals surface area (Å²) >= 11 is 0. The first-order valence-corrected chi connectivity index (χ1v) is 13.5. The molecule has 1 fully saturated rings. The van der Waals surface area contributed by atoms with E-state index < -0.39 is 22.0 Å². The number of urea groups is 1. The normalized spacial score (nSPS) is 21.9.